The number of carboxylic acid groups (broad SMARTS) is 1. The number of nitrogens with zero attached hydrogens (tertiary/aromatic N) is 2. The number of alkyl halides is 3. The predicted octanol–water partition coefficient (Wildman–Crippen LogP) is 2.47. The van der Waals surface area contributed by atoms with Gasteiger partial charge in [-0.3, -0.25) is 0 Å². The second-order valence-corrected chi connectivity index (χ2v) is 3.52. The van der Waals surface area contributed by atoms with Crippen LogP contribution in [0.1, 0.15) is 10.4 Å². The van der Waals surface area contributed by atoms with Gasteiger partial charge in [0.25, 0.3) is 0 Å². The fourth-order valence-electron chi connectivity index (χ4n) is 1.40. The molecule has 0 aliphatic carbocycles. The molecule has 5 nitrogen and oxygen atoms in total. The van der Waals surface area contributed by atoms with Crippen molar-refractivity contribution >= 4 is 5.97 Å². The van der Waals surface area contributed by atoms with Gasteiger partial charge >= 0.3 is 12.3 Å². The zero-order valence-corrected chi connectivity index (χ0v) is 9.26. The van der Waals surface area contributed by atoms with E-state index in [4.69, 9.17) is 5.11 Å². The first kappa shape index (κ1) is 12.9. The molecule has 8 heteroatoms. The molecule has 0 aliphatic heterocycles. The number of hydrogen-bond donors (Lipinski definition) is 1. The van der Waals surface area contributed by atoms with Crippen molar-refractivity contribution in [1.29, 1.82) is 0 Å². The molecule has 1 heterocycles. The molecule has 0 spiro atoms. The SMILES string of the molecule is O=C(O)c1cnn(-c2cccc(OC(F)(F)F)c2)c1. The van der Waals surface area contributed by atoms with E-state index in [1.54, 1.807) is 0 Å². The van der Waals surface area contributed by atoms with Gasteiger partial charge in [-0.15, -0.1) is 13.2 Å². The molecule has 2 rings (SSSR count). The molecular formula is C11H7F3N2O3. The summed E-state index contributed by atoms with van der Waals surface area (Å²) in [7, 11) is 0. The summed E-state index contributed by atoms with van der Waals surface area (Å²) in [5, 5.41) is 12.5. The normalized spacial score (nSPS) is 11.3. The monoisotopic (exact) mass is 272 g/mol. The number of carbonyl (C=O) groups is 1. The lowest BCUT2D eigenvalue weighted by molar-refractivity contribution is -0.274. The van der Waals surface area contributed by atoms with E-state index in [1.165, 1.54) is 18.3 Å². The zero-order valence-electron chi connectivity index (χ0n) is 9.26. The fourth-order valence-corrected chi connectivity index (χ4v) is 1.40. The summed E-state index contributed by atoms with van der Waals surface area (Å²) in [6.45, 7) is 0. The number of hydrogen-bond acceptors (Lipinski definition) is 3. The Balaban J connectivity index is 2.29. The van der Waals surface area contributed by atoms with E-state index >= 15 is 0 Å². The van der Waals surface area contributed by atoms with Crippen LogP contribution in [0.15, 0.2) is 36.7 Å². The van der Waals surface area contributed by atoms with E-state index in [9.17, 15) is 18.0 Å². The van der Waals surface area contributed by atoms with Gasteiger partial charge in [-0.1, -0.05) is 6.07 Å². The average Bonchev–Trinajstić information content (AvgIpc) is 2.76. The van der Waals surface area contributed by atoms with Gasteiger partial charge in [-0.05, 0) is 12.1 Å². The molecule has 0 unspecified atom stereocenters. The molecule has 1 aromatic carbocycles. The van der Waals surface area contributed by atoms with Crippen LogP contribution in [0.3, 0.4) is 0 Å². The molecule has 0 fully saturated rings. The van der Waals surface area contributed by atoms with Crippen LogP contribution in [-0.4, -0.2) is 27.2 Å². The van der Waals surface area contributed by atoms with Crippen LogP contribution in [0, 0.1) is 0 Å². The maximum Gasteiger partial charge on any atom is 0.573 e. The third kappa shape index (κ3) is 3.24. The molecule has 1 aromatic heterocycles. The van der Waals surface area contributed by atoms with Gasteiger partial charge in [0.05, 0.1) is 17.4 Å². The summed E-state index contributed by atoms with van der Waals surface area (Å²) in [6, 6.07) is 5.06. The van der Waals surface area contributed by atoms with E-state index in [-0.39, 0.29) is 11.3 Å². The molecule has 0 aliphatic rings. The van der Waals surface area contributed by atoms with E-state index in [0.717, 1.165) is 23.0 Å². The third-order valence-electron chi connectivity index (χ3n) is 2.15. The van der Waals surface area contributed by atoms with E-state index in [0.29, 0.717) is 0 Å². The third-order valence-corrected chi connectivity index (χ3v) is 2.15. The Morgan fingerprint density at radius 3 is 2.68 bits per heavy atom. The van der Waals surface area contributed by atoms with Gasteiger partial charge in [-0.2, -0.15) is 5.10 Å². The molecule has 0 saturated heterocycles. The predicted molar refractivity (Wildman–Crippen MR) is 57.2 cm³/mol. The number of rotatable bonds is 3. The minimum absolute atomic E-state index is 0.0675. The van der Waals surface area contributed by atoms with Gasteiger partial charge in [0.1, 0.15) is 5.75 Å². The van der Waals surface area contributed by atoms with E-state index in [2.05, 4.69) is 9.84 Å². The standard InChI is InChI=1S/C11H7F3N2O3/c12-11(13,14)19-9-3-1-2-8(4-9)16-6-7(5-15-16)10(17)18/h1-6H,(H,17,18). The fraction of sp³-hybridized carbons (Fsp3) is 0.0909. The topological polar surface area (TPSA) is 64.3 Å². The Morgan fingerprint density at radius 2 is 2.11 bits per heavy atom. The highest BCUT2D eigenvalue weighted by atomic mass is 19.4. The summed E-state index contributed by atoms with van der Waals surface area (Å²) >= 11 is 0. The molecular weight excluding hydrogens is 265 g/mol. The molecule has 0 radical (unpaired) electrons. The Morgan fingerprint density at radius 1 is 1.37 bits per heavy atom. The summed E-state index contributed by atoms with van der Waals surface area (Å²) < 4.78 is 41.1. The molecule has 0 amide bonds. The minimum atomic E-state index is -4.78. The van der Waals surface area contributed by atoms with E-state index in [1.807, 2.05) is 0 Å². The molecule has 0 bridgehead atoms. The number of aromatic carboxylic acids is 1. The van der Waals surface area contributed by atoms with Crippen LogP contribution in [0.4, 0.5) is 13.2 Å². The maximum atomic E-state index is 12.1. The summed E-state index contributed by atoms with van der Waals surface area (Å²) in [5.74, 6) is -1.58. The number of aromatic nitrogens is 2. The van der Waals surface area contributed by atoms with Crippen molar-refractivity contribution in [2.24, 2.45) is 0 Å². The van der Waals surface area contributed by atoms with Crippen molar-refractivity contribution in [3.63, 3.8) is 0 Å². The van der Waals surface area contributed by atoms with Gasteiger partial charge in [-0.25, -0.2) is 9.48 Å². The second kappa shape index (κ2) is 4.63. The van der Waals surface area contributed by atoms with Gasteiger partial charge in [0, 0.05) is 12.3 Å². The van der Waals surface area contributed by atoms with Crippen LogP contribution in [0.2, 0.25) is 0 Å². The Labute approximate surface area is 104 Å². The second-order valence-electron chi connectivity index (χ2n) is 3.52. The first-order valence-corrected chi connectivity index (χ1v) is 4.99. The molecule has 2 aromatic rings. The first-order chi connectivity index (χ1) is 8.85. The molecule has 0 atom stereocenters. The minimum Gasteiger partial charge on any atom is -0.478 e. The lowest BCUT2D eigenvalue weighted by Gasteiger charge is -2.09. The number of benzene rings is 1. The molecule has 19 heavy (non-hydrogen) atoms. The maximum absolute atomic E-state index is 12.1. The van der Waals surface area contributed by atoms with Crippen molar-refractivity contribution in [3.8, 4) is 11.4 Å². The lowest BCUT2D eigenvalue weighted by atomic mass is 10.3. The number of carboxylic acids is 1. The quantitative estimate of drug-likeness (QED) is 0.932. The molecule has 0 saturated carbocycles. The van der Waals surface area contributed by atoms with Crippen molar-refractivity contribution in [3.05, 3.63) is 42.2 Å². The summed E-state index contributed by atoms with van der Waals surface area (Å²) in [5.41, 5.74) is 0.191. The number of halogens is 3. The van der Waals surface area contributed by atoms with Crippen molar-refractivity contribution in [2.75, 3.05) is 0 Å². The Kier molecular flexibility index (Phi) is 3.16. The average molecular weight is 272 g/mol. The zero-order chi connectivity index (χ0) is 14.0. The van der Waals surface area contributed by atoms with Crippen LogP contribution < -0.4 is 4.74 Å². The highest BCUT2D eigenvalue weighted by molar-refractivity contribution is 5.86. The molecule has 100 valence electrons. The lowest BCUT2D eigenvalue weighted by Crippen LogP contribution is -2.17. The van der Waals surface area contributed by atoms with Crippen LogP contribution in [-0.2, 0) is 0 Å². The van der Waals surface area contributed by atoms with Crippen molar-refractivity contribution in [2.45, 2.75) is 6.36 Å². The Bertz CT molecular complexity index is 607. The Hall–Kier alpha value is -2.51. The summed E-state index contributed by atoms with van der Waals surface area (Å²) in [6.07, 6.45) is -2.50. The van der Waals surface area contributed by atoms with Crippen molar-refractivity contribution < 1.29 is 27.8 Å². The highest BCUT2D eigenvalue weighted by Gasteiger charge is 2.31. The van der Waals surface area contributed by atoms with Gasteiger partial charge in [0.2, 0.25) is 0 Å². The smallest absolute Gasteiger partial charge is 0.478 e. The molecule has 1 N–H and O–H groups in total. The van der Waals surface area contributed by atoms with Crippen molar-refractivity contribution in [1.82, 2.24) is 9.78 Å². The largest absolute Gasteiger partial charge is 0.573 e. The van der Waals surface area contributed by atoms with Gasteiger partial charge in [0.15, 0.2) is 0 Å². The van der Waals surface area contributed by atoms with Crippen LogP contribution >= 0.6 is 0 Å². The van der Waals surface area contributed by atoms with E-state index < -0.39 is 18.1 Å². The highest BCUT2D eigenvalue weighted by Crippen LogP contribution is 2.24. The van der Waals surface area contributed by atoms with Gasteiger partial charge < -0.3 is 9.84 Å². The summed E-state index contributed by atoms with van der Waals surface area (Å²) in [4.78, 5) is 10.7. The first-order valence-electron chi connectivity index (χ1n) is 4.99. The van der Waals surface area contributed by atoms with Crippen LogP contribution in [0.25, 0.3) is 5.69 Å². The number of ether oxygens (including phenoxy) is 1. The van der Waals surface area contributed by atoms with Crippen LogP contribution in [0.5, 0.6) is 5.75 Å².